The van der Waals surface area contributed by atoms with E-state index in [9.17, 15) is 9.59 Å². The number of benzene rings is 1. The lowest BCUT2D eigenvalue weighted by Crippen LogP contribution is -2.45. The number of carbonyl (C=O) groups excluding carboxylic acids is 2. The van der Waals surface area contributed by atoms with Crippen LogP contribution in [-0.4, -0.2) is 44.7 Å². The molecule has 0 aliphatic carbocycles. The van der Waals surface area contributed by atoms with Gasteiger partial charge < -0.3 is 16.0 Å². The fraction of sp³-hybridized carbons (Fsp3) is 0.375. The number of amides is 3. The fourth-order valence-corrected chi connectivity index (χ4v) is 2.77. The highest BCUT2D eigenvalue weighted by atomic mass is 16.2. The highest BCUT2D eigenvalue weighted by Gasteiger charge is 2.26. The summed E-state index contributed by atoms with van der Waals surface area (Å²) < 4.78 is 1.64. The maximum absolute atomic E-state index is 12.3. The first-order valence-electron chi connectivity index (χ1n) is 7.84. The van der Waals surface area contributed by atoms with Crippen LogP contribution in [0.15, 0.2) is 30.6 Å². The number of aryl methyl sites for hydroxylation is 1. The predicted molar refractivity (Wildman–Crippen MR) is 88.9 cm³/mol. The van der Waals surface area contributed by atoms with Gasteiger partial charge in [0.1, 0.15) is 6.33 Å². The van der Waals surface area contributed by atoms with Gasteiger partial charge in [0.2, 0.25) is 5.91 Å². The van der Waals surface area contributed by atoms with E-state index in [1.165, 1.54) is 0 Å². The summed E-state index contributed by atoms with van der Waals surface area (Å²) in [5.74, 6) is 0.0255. The van der Waals surface area contributed by atoms with Crippen LogP contribution in [0.4, 0.5) is 10.5 Å². The molecular formula is C16H20N6O2. The molecule has 1 saturated heterocycles. The van der Waals surface area contributed by atoms with Crippen LogP contribution in [0.2, 0.25) is 0 Å². The van der Waals surface area contributed by atoms with Crippen molar-refractivity contribution in [2.24, 2.45) is 18.7 Å². The normalized spacial score (nSPS) is 17.5. The summed E-state index contributed by atoms with van der Waals surface area (Å²) in [4.78, 5) is 29.5. The zero-order valence-corrected chi connectivity index (χ0v) is 13.5. The number of aromatic nitrogens is 3. The molecule has 8 nitrogen and oxygen atoms in total. The van der Waals surface area contributed by atoms with Gasteiger partial charge in [0, 0.05) is 31.4 Å². The minimum atomic E-state index is -0.347. The Bertz CT molecular complexity index is 739. The average molecular weight is 328 g/mol. The second-order valence-electron chi connectivity index (χ2n) is 5.94. The second-order valence-corrected chi connectivity index (χ2v) is 5.94. The maximum atomic E-state index is 12.3. The lowest BCUT2D eigenvalue weighted by molar-refractivity contribution is -0.123. The van der Waals surface area contributed by atoms with Gasteiger partial charge in [-0.25, -0.2) is 9.78 Å². The molecule has 0 saturated carbocycles. The second kappa shape index (κ2) is 6.69. The highest BCUT2D eigenvalue weighted by molar-refractivity contribution is 5.90. The molecule has 1 unspecified atom stereocenters. The molecule has 3 amide bonds. The van der Waals surface area contributed by atoms with Gasteiger partial charge in [-0.3, -0.25) is 9.48 Å². The number of likely N-dealkylation sites (tertiary alicyclic amines) is 1. The molecule has 3 N–H and O–H groups in total. The molecule has 8 heteroatoms. The number of piperidine rings is 1. The quantitative estimate of drug-likeness (QED) is 0.883. The van der Waals surface area contributed by atoms with Gasteiger partial charge in [0.15, 0.2) is 5.82 Å². The number of hydrogen-bond acceptors (Lipinski definition) is 4. The Morgan fingerprint density at radius 2 is 2.04 bits per heavy atom. The first-order valence-corrected chi connectivity index (χ1v) is 7.84. The van der Waals surface area contributed by atoms with Gasteiger partial charge in [-0.15, -0.1) is 0 Å². The Hall–Kier alpha value is -2.90. The molecule has 0 spiro atoms. The molecule has 1 fully saturated rings. The summed E-state index contributed by atoms with van der Waals surface area (Å²) in [6.45, 7) is 1.00. The fourth-order valence-electron chi connectivity index (χ4n) is 2.77. The van der Waals surface area contributed by atoms with Gasteiger partial charge in [-0.05, 0) is 37.1 Å². The summed E-state index contributed by atoms with van der Waals surface area (Å²) in [6, 6.07) is 7.10. The van der Waals surface area contributed by atoms with Crippen LogP contribution >= 0.6 is 0 Å². The largest absolute Gasteiger partial charge is 0.369 e. The first-order chi connectivity index (χ1) is 11.5. The molecule has 1 aliphatic heterocycles. The lowest BCUT2D eigenvalue weighted by Gasteiger charge is -2.31. The van der Waals surface area contributed by atoms with E-state index in [1.54, 1.807) is 28.0 Å². The summed E-state index contributed by atoms with van der Waals surface area (Å²) in [5, 5.41) is 7.08. The van der Waals surface area contributed by atoms with Crippen LogP contribution in [-0.2, 0) is 11.8 Å². The van der Waals surface area contributed by atoms with Gasteiger partial charge in [0.05, 0.1) is 5.92 Å². The molecular weight excluding hydrogens is 308 g/mol. The van der Waals surface area contributed by atoms with E-state index >= 15 is 0 Å². The first kappa shape index (κ1) is 16.0. The molecule has 1 atom stereocenters. The molecule has 1 aliphatic rings. The van der Waals surface area contributed by atoms with Crippen molar-refractivity contribution < 1.29 is 9.59 Å². The number of anilines is 1. The van der Waals surface area contributed by atoms with Gasteiger partial charge in [-0.2, -0.15) is 5.10 Å². The van der Waals surface area contributed by atoms with Crippen LogP contribution < -0.4 is 11.1 Å². The molecule has 1 aromatic heterocycles. The van der Waals surface area contributed by atoms with Crippen LogP contribution in [0.1, 0.15) is 12.8 Å². The predicted octanol–water partition coefficient (Wildman–Crippen LogP) is 1.21. The lowest BCUT2D eigenvalue weighted by atomic mass is 9.98. The van der Waals surface area contributed by atoms with Crippen molar-refractivity contribution in [3.8, 4) is 11.4 Å². The average Bonchev–Trinajstić information content (AvgIpc) is 3.02. The van der Waals surface area contributed by atoms with Gasteiger partial charge >= 0.3 is 6.03 Å². The number of nitrogens with one attached hydrogen (secondary N) is 1. The summed E-state index contributed by atoms with van der Waals surface area (Å²) in [7, 11) is 1.81. The van der Waals surface area contributed by atoms with Crippen molar-refractivity contribution in [3.05, 3.63) is 30.6 Å². The Kier molecular flexibility index (Phi) is 4.45. The Labute approximate surface area is 139 Å². The van der Waals surface area contributed by atoms with Crippen LogP contribution in [0.5, 0.6) is 0 Å². The van der Waals surface area contributed by atoms with Crippen LogP contribution in [0.3, 0.4) is 0 Å². The van der Waals surface area contributed by atoms with Gasteiger partial charge in [-0.1, -0.05) is 0 Å². The molecule has 1 aromatic carbocycles. The van der Waals surface area contributed by atoms with Crippen molar-refractivity contribution in [1.29, 1.82) is 0 Å². The minimum Gasteiger partial charge on any atom is -0.369 e. The third kappa shape index (κ3) is 3.53. The molecule has 126 valence electrons. The maximum Gasteiger partial charge on any atom is 0.321 e. The molecule has 0 radical (unpaired) electrons. The van der Waals surface area contributed by atoms with Crippen LogP contribution in [0.25, 0.3) is 11.4 Å². The molecule has 2 aromatic rings. The number of nitrogens with zero attached hydrogens (tertiary/aromatic N) is 4. The number of primary amides is 1. The van der Waals surface area contributed by atoms with E-state index in [0.29, 0.717) is 24.6 Å². The molecule has 2 heterocycles. The van der Waals surface area contributed by atoms with E-state index in [0.717, 1.165) is 18.4 Å². The number of nitrogens with two attached hydrogens (primary N) is 1. The van der Waals surface area contributed by atoms with Gasteiger partial charge in [0.25, 0.3) is 0 Å². The SMILES string of the molecule is Cn1cnc(-c2ccc(NC(=O)N3CCCC(C(N)=O)C3)cc2)n1. The van der Waals surface area contributed by atoms with E-state index in [2.05, 4.69) is 15.4 Å². The summed E-state index contributed by atoms with van der Waals surface area (Å²) in [5.41, 5.74) is 6.90. The topological polar surface area (TPSA) is 106 Å². The number of hydrogen-bond donors (Lipinski definition) is 2. The zero-order chi connectivity index (χ0) is 17.1. The van der Waals surface area contributed by atoms with Crippen molar-refractivity contribution in [3.63, 3.8) is 0 Å². The molecule has 3 rings (SSSR count). The summed E-state index contributed by atoms with van der Waals surface area (Å²) in [6.07, 6.45) is 3.16. The Morgan fingerprint density at radius 1 is 1.29 bits per heavy atom. The number of rotatable bonds is 3. The molecule has 0 bridgehead atoms. The van der Waals surface area contributed by atoms with E-state index in [4.69, 9.17) is 5.73 Å². The number of carbonyl (C=O) groups is 2. The smallest absolute Gasteiger partial charge is 0.321 e. The van der Waals surface area contributed by atoms with Crippen LogP contribution in [0, 0.1) is 5.92 Å². The van der Waals surface area contributed by atoms with Crippen molar-refractivity contribution in [1.82, 2.24) is 19.7 Å². The van der Waals surface area contributed by atoms with Crippen molar-refractivity contribution >= 4 is 17.6 Å². The minimum absolute atomic E-state index is 0.218. The van der Waals surface area contributed by atoms with Crippen molar-refractivity contribution in [2.45, 2.75) is 12.8 Å². The molecule has 24 heavy (non-hydrogen) atoms. The van der Waals surface area contributed by atoms with E-state index in [1.807, 2.05) is 19.2 Å². The van der Waals surface area contributed by atoms with E-state index < -0.39 is 0 Å². The number of urea groups is 1. The third-order valence-electron chi connectivity index (χ3n) is 4.10. The summed E-state index contributed by atoms with van der Waals surface area (Å²) >= 11 is 0. The Balaban J connectivity index is 1.63. The van der Waals surface area contributed by atoms with E-state index in [-0.39, 0.29) is 17.9 Å². The standard InChI is InChI=1S/C16H20N6O2/c1-21-10-18-15(20-21)11-4-6-13(7-5-11)19-16(24)22-8-2-3-12(9-22)14(17)23/h4-7,10,12H,2-3,8-9H2,1H3,(H2,17,23)(H,19,24). The third-order valence-corrected chi connectivity index (χ3v) is 4.10. The zero-order valence-electron chi connectivity index (χ0n) is 13.5. The van der Waals surface area contributed by atoms with Crippen molar-refractivity contribution in [2.75, 3.05) is 18.4 Å². The Morgan fingerprint density at radius 3 is 2.67 bits per heavy atom. The highest BCUT2D eigenvalue weighted by Crippen LogP contribution is 2.20. The monoisotopic (exact) mass is 328 g/mol.